The molecule has 17 rings (SSSR count). The van der Waals surface area contributed by atoms with Crippen LogP contribution in [0.3, 0.4) is 0 Å². The second-order valence-electron chi connectivity index (χ2n) is 23.1. The van der Waals surface area contributed by atoms with Crippen LogP contribution < -0.4 is 5.19 Å². The summed E-state index contributed by atoms with van der Waals surface area (Å²) in [5, 5.41) is 10.4. The van der Waals surface area contributed by atoms with Gasteiger partial charge in [-0.3, -0.25) is 4.98 Å². The van der Waals surface area contributed by atoms with Crippen molar-refractivity contribution in [1.29, 1.82) is 0 Å². The summed E-state index contributed by atoms with van der Waals surface area (Å²) in [6.45, 7) is 7.70. The molecule has 0 N–H and O–H groups in total. The molecular weight excluding hydrogens is 887 g/mol. The first-order valence-corrected chi connectivity index (χ1v) is 30.0. The Morgan fingerprint density at radius 1 is 0.444 bits per heavy atom. The van der Waals surface area contributed by atoms with Crippen LogP contribution in [0.5, 0.6) is 0 Å². The van der Waals surface area contributed by atoms with Gasteiger partial charge in [-0.2, -0.15) is 0 Å². The van der Waals surface area contributed by atoms with Crippen LogP contribution in [0.4, 0.5) is 0 Å². The van der Waals surface area contributed by atoms with Gasteiger partial charge in [0.15, 0.2) is 0 Å². The lowest BCUT2D eigenvalue weighted by Gasteiger charge is -2.61. The lowest BCUT2D eigenvalue weighted by molar-refractivity contribution is -0.0399. The first kappa shape index (κ1) is 41.1. The number of para-hydroxylation sites is 2. The topological polar surface area (TPSA) is 22.8 Å². The monoisotopic (exact) mass is 941 g/mol. The zero-order valence-corrected chi connectivity index (χ0v) is 42.2. The van der Waals surface area contributed by atoms with E-state index in [-0.39, 0.29) is 5.41 Å². The normalized spacial score (nSPS) is 21.0. The minimum Gasteiger partial charge on any atom is -0.309 e. The first-order chi connectivity index (χ1) is 35.3. The van der Waals surface area contributed by atoms with E-state index in [1.807, 2.05) is 12.3 Å². The van der Waals surface area contributed by atoms with Crippen LogP contribution in [0.2, 0.25) is 19.6 Å². The quantitative estimate of drug-likeness (QED) is 0.158. The summed E-state index contributed by atoms with van der Waals surface area (Å²) in [5.41, 5.74) is 19.8. The molecule has 0 unspecified atom stereocenters. The summed E-state index contributed by atoms with van der Waals surface area (Å²) < 4.78 is 5.18. The molecule has 12 aromatic rings. The van der Waals surface area contributed by atoms with Gasteiger partial charge in [0.1, 0.15) is 0 Å². The third-order valence-corrected chi connectivity index (χ3v) is 20.5. The van der Waals surface area contributed by atoms with Crippen molar-refractivity contribution in [2.24, 2.45) is 23.7 Å². The molecule has 346 valence electrons. The molecule has 0 radical (unpaired) electrons. The zero-order chi connectivity index (χ0) is 47.6. The highest BCUT2D eigenvalue weighted by Gasteiger charge is 2.63. The minimum atomic E-state index is -1.79. The third kappa shape index (κ3) is 5.54. The SMILES string of the molecule is C[Si](C)(C)c1ccc(-n2c3ccc(-c4ccc5c(c4)c4ccccc4n5-c4cccc5ccccc45)cc3c3cc(-c4cccc5cccnc45)ccc32)c2c1-c1ccccc1C21C2CC3CC(C2)CC1C3. The fourth-order valence-corrected chi connectivity index (χ4v) is 17.4. The van der Waals surface area contributed by atoms with E-state index >= 15 is 0 Å². The lowest BCUT2D eigenvalue weighted by atomic mass is 9.43. The molecule has 0 aliphatic heterocycles. The van der Waals surface area contributed by atoms with E-state index in [0.717, 1.165) is 22.7 Å². The van der Waals surface area contributed by atoms with Crippen LogP contribution >= 0.6 is 0 Å². The van der Waals surface area contributed by atoms with Gasteiger partial charge in [-0.25, -0.2) is 0 Å². The van der Waals surface area contributed by atoms with Crippen LogP contribution in [-0.2, 0) is 5.41 Å². The number of pyridine rings is 1. The highest BCUT2D eigenvalue weighted by Crippen LogP contribution is 2.70. The average Bonchev–Trinajstić information content (AvgIpc) is 4.03. The van der Waals surface area contributed by atoms with E-state index in [1.165, 1.54) is 126 Å². The summed E-state index contributed by atoms with van der Waals surface area (Å²) in [7, 11) is -1.79. The maximum absolute atomic E-state index is 4.96. The standard InChI is InChI=1S/C68H55N3Si/c1-72(2,3)64-31-30-63(66-65(64)53-19-6-8-21-57(53)68(66)48-34-41-33-42(36-48)37-49(68)35-41)71-61-28-25-46(39-55(61)56-40-47(26-29-62(56)71)51-20-10-15-44-16-12-32-69-67(44)51)45-24-27-60-54(38-45)52-18-7-9-22-59(52)70(60)58-23-11-14-43-13-4-5-17-50(43)58/h4-32,38-42,48-49H,33-37H2,1-3H3. The maximum atomic E-state index is 4.96. The fourth-order valence-electron chi connectivity index (χ4n) is 15.9. The van der Waals surface area contributed by atoms with Gasteiger partial charge in [-0.1, -0.05) is 152 Å². The van der Waals surface area contributed by atoms with E-state index < -0.39 is 8.07 Å². The number of rotatable bonds is 5. The van der Waals surface area contributed by atoms with Crippen molar-refractivity contribution in [1.82, 2.24) is 14.1 Å². The number of benzene rings is 9. The predicted molar refractivity (Wildman–Crippen MR) is 305 cm³/mol. The third-order valence-electron chi connectivity index (χ3n) is 18.4. The molecule has 0 saturated heterocycles. The van der Waals surface area contributed by atoms with Gasteiger partial charge in [0.05, 0.1) is 47.0 Å². The molecular formula is C68H55N3Si. The van der Waals surface area contributed by atoms with Gasteiger partial charge >= 0.3 is 0 Å². The van der Waals surface area contributed by atoms with Gasteiger partial charge in [-0.15, -0.1) is 0 Å². The molecule has 4 heteroatoms. The highest BCUT2D eigenvalue weighted by atomic mass is 28.3. The zero-order valence-electron chi connectivity index (χ0n) is 41.2. The van der Waals surface area contributed by atoms with Crippen LogP contribution in [0.1, 0.15) is 43.2 Å². The molecule has 9 aromatic carbocycles. The number of hydrogen-bond donors (Lipinski definition) is 0. The number of nitrogens with zero attached hydrogens (tertiary/aromatic N) is 3. The number of aromatic nitrogens is 3. The lowest BCUT2D eigenvalue weighted by Crippen LogP contribution is -2.55. The number of fused-ring (bicyclic) bond motifs is 11. The van der Waals surface area contributed by atoms with Crippen LogP contribution in [0.15, 0.2) is 194 Å². The molecule has 3 heterocycles. The summed E-state index contributed by atoms with van der Waals surface area (Å²) in [5.74, 6) is 3.08. The van der Waals surface area contributed by atoms with Gasteiger partial charge in [0.25, 0.3) is 0 Å². The van der Waals surface area contributed by atoms with Crippen LogP contribution in [0, 0.1) is 23.7 Å². The summed E-state index contributed by atoms with van der Waals surface area (Å²) >= 11 is 0. The second kappa shape index (κ2) is 14.8. The minimum absolute atomic E-state index is 0.0163. The van der Waals surface area contributed by atoms with Crippen molar-refractivity contribution in [2.75, 3.05) is 0 Å². The molecule has 0 atom stereocenters. The Bertz CT molecular complexity index is 4250. The van der Waals surface area contributed by atoms with E-state index in [2.05, 4.69) is 211 Å². The fraction of sp³-hybridized carbons (Fsp3) is 0.191. The molecule has 4 saturated carbocycles. The van der Waals surface area contributed by atoms with Gasteiger partial charge in [0, 0.05) is 49.5 Å². The first-order valence-electron chi connectivity index (χ1n) is 26.5. The summed E-state index contributed by atoms with van der Waals surface area (Å²) in [4.78, 5) is 4.96. The van der Waals surface area contributed by atoms with E-state index in [4.69, 9.17) is 4.98 Å². The predicted octanol–water partition coefficient (Wildman–Crippen LogP) is 17.2. The van der Waals surface area contributed by atoms with Crippen molar-refractivity contribution in [3.05, 3.63) is 205 Å². The van der Waals surface area contributed by atoms with Crippen molar-refractivity contribution < 1.29 is 0 Å². The van der Waals surface area contributed by atoms with Gasteiger partial charge < -0.3 is 9.13 Å². The Morgan fingerprint density at radius 3 is 1.75 bits per heavy atom. The molecule has 1 spiro atoms. The Kier molecular flexibility index (Phi) is 8.44. The average molecular weight is 942 g/mol. The van der Waals surface area contributed by atoms with E-state index in [1.54, 1.807) is 21.9 Å². The highest BCUT2D eigenvalue weighted by molar-refractivity contribution is 6.89. The molecule has 4 fully saturated rings. The Labute approximate surface area is 421 Å². The molecule has 5 aliphatic carbocycles. The van der Waals surface area contributed by atoms with E-state index in [9.17, 15) is 0 Å². The molecule has 3 nitrogen and oxygen atoms in total. The van der Waals surface area contributed by atoms with Crippen molar-refractivity contribution in [2.45, 2.75) is 57.2 Å². The van der Waals surface area contributed by atoms with Crippen LogP contribution in [0.25, 0.3) is 110 Å². The van der Waals surface area contributed by atoms with Crippen LogP contribution in [-0.4, -0.2) is 22.2 Å². The van der Waals surface area contributed by atoms with Gasteiger partial charge in [0.2, 0.25) is 0 Å². The Balaban J connectivity index is 0.962. The molecule has 72 heavy (non-hydrogen) atoms. The second-order valence-corrected chi connectivity index (χ2v) is 28.2. The van der Waals surface area contributed by atoms with Crippen molar-refractivity contribution >= 4 is 78.5 Å². The van der Waals surface area contributed by atoms with Crippen molar-refractivity contribution in [3.63, 3.8) is 0 Å². The summed E-state index contributed by atoms with van der Waals surface area (Å²) in [6.07, 6.45) is 8.83. The van der Waals surface area contributed by atoms with E-state index in [0.29, 0.717) is 11.8 Å². The number of hydrogen-bond acceptors (Lipinski definition) is 1. The maximum Gasteiger partial charge on any atom is 0.0784 e. The summed E-state index contributed by atoms with van der Waals surface area (Å²) in [6, 6.07) is 71.9. The smallest absolute Gasteiger partial charge is 0.0784 e. The van der Waals surface area contributed by atoms with Crippen molar-refractivity contribution in [3.8, 4) is 44.8 Å². The molecule has 3 aromatic heterocycles. The Hall–Kier alpha value is -7.53. The molecule has 4 bridgehead atoms. The van der Waals surface area contributed by atoms with Gasteiger partial charge in [-0.05, 0) is 161 Å². The largest absolute Gasteiger partial charge is 0.309 e. The molecule has 0 amide bonds. The molecule has 5 aliphatic rings. The Morgan fingerprint density at radius 2 is 1.00 bits per heavy atom.